The fourth-order valence-electron chi connectivity index (χ4n) is 2.25. The highest BCUT2D eigenvalue weighted by atomic mass is 32.2. The summed E-state index contributed by atoms with van der Waals surface area (Å²) in [5.41, 5.74) is 2.51. The molecule has 2 N–H and O–H groups in total. The minimum atomic E-state index is -2.97. The van der Waals surface area contributed by atoms with Crippen molar-refractivity contribution in [3.05, 3.63) is 35.4 Å². The van der Waals surface area contributed by atoms with Gasteiger partial charge in [0, 0.05) is 19.8 Å². The van der Waals surface area contributed by atoms with Crippen molar-refractivity contribution in [1.29, 1.82) is 0 Å². The second kappa shape index (κ2) is 8.91. The lowest BCUT2D eigenvalue weighted by Gasteiger charge is -2.18. The van der Waals surface area contributed by atoms with Crippen molar-refractivity contribution in [2.24, 2.45) is 10.9 Å². The van der Waals surface area contributed by atoms with E-state index in [0.29, 0.717) is 18.4 Å². The van der Waals surface area contributed by atoms with E-state index < -0.39 is 9.84 Å². The molecule has 1 aromatic rings. The highest BCUT2D eigenvalue weighted by molar-refractivity contribution is 7.90. The van der Waals surface area contributed by atoms with Gasteiger partial charge in [0.2, 0.25) is 0 Å². The number of rotatable bonds is 7. The molecule has 0 aliphatic carbocycles. The first kappa shape index (κ1) is 19.5. The van der Waals surface area contributed by atoms with Gasteiger partial charge in [0.05, 0.1) is 11.8 Å². The molecule has 5 nitrogen and oxygen atoms in total. The van der Waals surface area contributed by atoms with Crippen molar-refractivity contribution < 1.29 is 8.42 Å². The van der Waals surface area contributed by atoms with E-state index in [1.807, 2.05) is 0 Å². The third-order valence-corrected chi connectivity index (χ3v) is 4.41. The third-order valence-electron chi connectivity index (χ3n) is 3.47. The van der Waals surface area contributed by atoms with Gasteiger partial charge in [-0.1, -0.05) is 38.1 Å². The second-order valence-corrected chi connectivity index (χ2v) is 8.59. The fourth-order valence-corrected chi connectivity index (χ4v) is 2.72. The normalized spacial score (nSPS) is 13.9. The molecule has 0 spiro atoms. The van der Waals surface area contributed by atoms with Gasteiger partial charge < -0.3 is 10.6 Å². The number of sulfone groups is 1. The molecule has 0 amide bonds. The number of nitrogens with zero attached hydrogens (tertiary/aromatic N) is 1. The van der Waals surface area contributed by atoms with Gasteiger partial charge >= 0.3 is 0 Å². The van der Waals surface area contributed by atoms with Crippen LogP contribution in [0.5, 0.6) is 0 Å². The van der Waals surface area contributed by atoms with Crippen LogP contribution in [0, 0.1) is 5.92 Å². The van der Waals surface area contributed by atoms with Crippen LogP contribution in [-0.2, 0) is 16.3 Å². The molecule has 0 aliphatic heterocycles. The third kappa shape index (κ3) is 8.02. The Morgan fingerprint density at radius 2 is 1.78 bits per heavy atom. The Bertz CT molecular complexity index is 607. The summed E-state index contributed by atoms with van der Waals surface area (Å²) in [6.45, 7) is 6.83. The lowest BCUT2D eigenvalue weighted by Crippen LogP contribution is -2.40. The highest BCUT2D eigenvalue weighted by Crippen LogP contribution is 2.15. The summed E-state index contributed by atoms with van der Waals surface area (Å²) >= 11 is 0. The average Bonchev–Trinajstić information content (AvgIpc) is 2.44. The van der Waals surface area contributed by atoms with Crippen molar-refractivity contribution in [3.8, 4) is 0 Å². The zero-order valence-electron chi connectivity index (χ0n) is 14.8. The minimum absolute atomic E-state index is 0.0893. The summed E-state index contributed by atoms with van der Waals surface area (Å²) < 4.78 is 22.3. The summed E-state index contributed by atoms with van der Waals surface area (Å²) in [6, 6.07) is 8.66. The standard InChI is InChI=1S/C17H29N3O2S/c1-13(2)12-15-6-8-16(9-7-15)14(3)20-17(18-4)19-10-11-23(5,21)22/h6-9,13-14H,10-12H2,1-5H3,(H2,18,19,20). The van der Waals surface area contributed by atoms with Crippen LogP contribution in [0.2, 0.25) is 0 Å². The van der Waals surface area contributed by atoms with E-state index in [0.717, 1.165) is 6.42 Å². The number of aliphatic imine (C=N–C) groups is 1. The van der Waals surface area contributed by atoms with Crippen LogP contribution >= 0.6 is 0 Å². The van der Waals surface area contributed by atoms with E-state index in [1.165, 1.54) is 17.4 Å². The number of nitrogens with one attached hydrogen (secondary N) is 2. The number of guanidine groups is 1. The Morgan fingerprint density at radius 1 is 1.17 bits per heavy atom. The second-order valence-electron chi connectivity index (χ2n) is 6.33. The molecule has 0 fully saturated rings. The van der Waals surface area contributed by atoms with Crippen molar-refractivity contribution in [2.45, 2.75) is 33.2 Å². The van der Waals surface area contributed by atoms with Gasteiger partial charge in [-0.2, -0.15) is 0 Å². The van der Waals surface area contributed by atoms with E-state index in [4.69, 9.17) is 0 Å². The van der Waals surface area contributed by atoms with E-state index in [-0.39, 0.29) is 11.8 Å². The Labute approximate surface area is 140 Å². The van der Waals surface area contributed by atoms with Gasteiger partial charge in [-0.15, -0.1) is 0 Å². The Morgan fingerprint density at radius 3 is 2.26 bits per heavy atom. The number of hydrogen-bond acceptors (Lipinski definition) is 3. The number of hydrogen-bond donors (Lipinski definition) is 2. The first-order valence-corrected chi connectivity index (χ1v) is 10.0. The lowest BCUT2D eigenvalue weighted by atomic mass is 10.00. The van der Waals surface area contributed by atoms with Crippen LogP contribution in [0.3, 0.4) is 0 Å². The molecule has 0 saturated heterocycles. The molecule has 1 atom stereocenters. The highest BCUT2D eigenvalue weighted by Gasteiger charge is 2.09. The van der Waals surface area contributed by atoms with Gasteiger partial charge in [-0.25, -0.2) is 8.42 Å². The maximum absolute atomic E-state index is 11.2. The summed E-state index contributed by atoms with van der Waals surface area (Å²) in [4.78, 5) is 4.13. The van der Waals surface area contributed by atoms with E-state index in [9.17, 15) is 8.42 Å². The Balaban J connectivity index is 2.57. The monoisotopic (exact) mass is 339 g/mol. The Hall–Kier alpha value is -1.56. The molecule has 0 saturated carbocycles. The van der Waals surface area contributed by atoms with Crippen LogP contribution < -0.4 is 10.6 Å². The van der Waals surface area contributed by atoms with Crippen molar-refractivity contribution >= 4 is 15.8 Å². The predicted octanol–water partition coefficient (Wildman–Crippen LogP) is 2.16. The van der Waals surface area contributed by atoms with Crippen LogP contribution in [0.15, 0.2) is 29.3 Å². The van der Waals surface area contributed by atoms with E-state index in [2.05, 4.69) is 60.7 Å². The average molecular weight is 340 g/mol. The summed E-state index contributed by atoms with van der Waals surface area (Å²) in [6.07, 6.45) is 2.31. The SMILES string of the molecule is CN=C(NCCS(C)(=O)=O)NC(C)c1ccc(CC(C)C)cc1. The summed E-state index contributed by atoms with van der Waals surface area (Å²) in [5, 5.41) is 6.30. The van der Waals surface area contributed by atoms with E-state index in [1.54, 1.807) is 7.05 Å². The molecular formula is C17H29N3O2S. The van der Waals surface area contributed by atoms with Crippen molar-refractivity contribution in [3.63, 3.8) is 0 Å². The fraction of sp³-hybridized carbons (Fsp3) is 0.588. The lowest BCUT2D eigenvalue weighted by molar-refractivity contribution is 0.600. The molecular weight excluding hydrogens is 310 g/mol. The van der Waals surface area contributed by atoms with Gasteiger partial charge in [0.15, 0.2) is 5.96 Å². The van der Waals surface area contributed by atoms with Gasteiger partial charge in [0.25, 0.3) is 0 Å². The van der Waals surface area contributed by atoms with Crippen molar-refractivity contribution in [2.75, 3.05) is 25.6 Å². The molecule has 1 rings (SSSR count). The zero-order valence-corrected chi connectivity index (χ0v) is 15.6. The van der Waals surface area contributed by atoms with Gasteiger partial charge in [-0.05, 0) is 30.4 Å². The maximum atomic E-state index is 11.2. The van der Waals surface area contributed by atoms with Crippen LogP contribution in [-0.4, -0.2) is 40.0 Å². The molecule has 0 aromatic heterocycles. The molecule has 1 unspecified atom stereocenters. The minimum Gasteiger partial charge on any atom is -0.355 e. The predicted molar refractivity (Wildman–Crippen MR) is 97.6 cm³/mol. The van der Waals surface area contributed by atoms with E-state index >= 15 is 0 Å². The first-order chi connectivity index (χ1) is 10.7. The molecule has 0 heterocycles. The number of benzene rings is 1. The molecule has 6 heteroatoms. The summed E-state index contributed by atoms with van der Waals surface area (Å²) in [7, 11) is -1.29. The quantitative estimate of drug-likeness (QED) is 0.590. The topological polar surface area (TPSA) is 70.6 Å². The molecule has 23 heavy (non-hydrogen) atoms. The Kier molecular flexibility index (Phi) is 7.55. The first-order valence-electron chi connectivity index (χ1n) is 7.95. The van der Waals surface area contributed by atoms with Crippen molar-refractivity contribution in [1.82, 2.24) is 10.6 Å². The van der Waals surface area contributed by atoms with Gasteiger partial charge in [-0.3, -0.25) is 4.99 Å². The molecule has 0 aliphatic rings. The smallest absolute Gasteiger partial charge is 0.191 e. The van der Waals surface area contributed by atoms with Crippen LogP contribution in [0.4, 0.5) is 0 Å². The van der Waals surface area contributed by atoms with Gasteiger partial charge in [0.1, 0.15) is 9.84 Å². The molecule has 0 bridgehead atoms. The zero-order chi connectivity index (χ0) is 17.5. The largest absolute Gasteiger partial charge is 0.355 e. The maximum Gasteiger partial charge on any atom is 0.191 e. The summed E-state index contributed by atoms with van der Waals surface area (Å²) in [5.74, 6) is 1.34. The molecule has 1 aromatic carbocycles. The van der Waals surface area contributed by atoms with Crippen LogP contribution in [0.1, 0.15) is 37.9 Å². The molecule has 0 radical (unpaired) electrons. The molecule has 130 valence electrons. The van der Waals surface area contributed by atoms with Crippen LogP contribution in [0.25, 0.3) is 0 Å².